The molecule has 0 atom stereocenters. The van der Waals surface area contributed by atoms with Crippen molar-refractivity contribution in [3.05, 3.63) is 58.0 Å². The van der Waals surface area contributed by atoms with Crippen LogP contribution in [0.15, 0.2) is 52.4 Å². The quantitative estimate of drug-likeness (QED) is 0.594. The average molecular weight is 417 g/mol. The minimum Gasteiger partial charge on any atom is -0.497 e. The van der Waals surface area contributed by atoms with E-state index in [1.807, 2.05) is 43.3 Å². The average Bonchev–Trinajstić information content (AvgIpc) is 2.99. The highest BCUT2D eigenvalue weighted by Gasteiger charge is 2.33. The molecule has 0 aromatic heterocycles. The number of methoxy groups -OCH3 is 2. The Kier molecular flexibility index (Phi) is 6.65. The molecule has 1 saturated heterocycles. The number of thioether (sulfide) groups is 1. The van der Waals surface area contributed by atoms with Crippen LogP contribution in [0.25, 0.3) is 6.08 Å². The number of amides is 1. The molecule has 146 valence electrons. The standard InChI is InChI=1S/C21H21ClN2O3S/c1-4-11-24-20(25)19(13-14-12-17(26-2)9-10-18(14)27-3)28-21(24)23-16-7-5-15(22)6-8-16/h5-10,12-13H,4,11H2,1-3H3/b19-13-,23-21?. The number of hydrogen-bond acceptors (Lipinski definition) is 5. The normalized spacial score (nSPS) is 16.9. The molecule has 1 aliphatic heterocycles. The maximum atomic E-state index is 13.0. The van der Waals surface area contributed by atoms with E-state index in [2.05, 4.69) is 4.99 Å². The van der Waals surface area contributed by atoms with Crippen LogP contribution in [0.3, 0.4) is 0 Å². The van der Waals surface area contributed by atoms with Gasteiger partial charge in [0.25, 0.3) is 5.91 Å². The fourth-order valence-electron chi connectivity index (χ4n) is 2.73. The topological polar surface area (TPSA) is 51.1 Å². The first-order valence-electron chi connectivity index (χ1n) is 8.83. The summed E-state index contributed by atoms with van der Waals surface area (Å²) in [6.07, 6.45) is 2.66. The summed E-state index contributed by atoms with van der Waals surface area (Å²) in [6.45, 7) is 2.63. The Hall–Kier alpha value is -2.44. The van der Waals surface area contributed by atoms with Crippen LogP contribution in [0, 0.1) is 0 Å². The van der Waals surface area contributed by atoms with Gasteiger partial charge in [0.1, 0.15) is 11.5 Å². The van der Waals surface area contributed by atoms with Crippen LogP contribution in [0.1, 0.15) is 18.9 Å². The summed E-state index contributed by atoms with van der Waals surface area (Å²) in [4.78, 5) is 19.9. The van der Waals surface area contributed by atoms with Gasteiger partial charge in [-0.25, -0.2) is 4.99 Å². The fraction of sp³-hybridized carbons (Fsp3) is 0.238. The van der Waals surface area contributed by atoms with Crippen molar-refractivity contribution in [2.45, 2.75) is 13.3 Å². The van der Waals surface area contributed by atoms with E-state index in [4.69, 9.17) is 21.1 Å². The summed E-state index contributed by atoms with van der Waals surface area (Å²) >= 11 is 7.30. The number of halogens is 1. The van der Waals surface area contributed by atoms with Gasteiger partial charge in [0.05, 0.1) is 24.8 Å². The second-order valence-corrected chi connectivity index (χ2v) is 7.49. The van der Waals surface area contributed by atoms with Gasteiger partial charge >= 0.3 is 0 Å². The van der Waals surface area contributed by atoms with E-state index in [0.29, 0.717) is 33.1 Å². The third-order valence-corrected chi connectivity index (χ3v) is 5.37. The number of nitrogens with zero attached hydrogens (tertiary/aromatic N) is 2. The van der Waals surface area contributed by atoms with Crippen LogP contribution in [-0.4, -0.2) is 36.7 Å². The molecule has 1 heterocycles. The number of benzene rings is 2. The molecule has 0 spiro atoms. The molecular weight excluding hydrogens is 396 g/mol. The second-order valence-electron chi connectivity index (χ2n) is 6.05. The first kappa shape index (κ1) is 20.3. The van der Waals surface area contributed by atoms with E-state index in [1.165, 1.54) is 11.8 Å². The number of amidine groups is 1. The Morgan fingerprint density at radius 2 is 1.89 bits per heavy atom. The molecule has 0 saturated carbocycles. The number of aliphatic imine (C=N–C) groups is 1. The molecule has 0 N–H and O–H groups in total. The van der Waals surface area contributed by atoms with Gasteiger partial charge < -0.3 is 9.47 Å². The lowest BCUT2D eigenvalue weighted by Gasteiger charge is -2.14. The van der Waals surface area contributed by atoms with Gasteiger partial charge in [0.15, 0.2) is 5.17 Å². The molecule has 1 fully saturated rings. The summed E-state index contributed by atoms with van der Waals surface area (Å²) in [5.74, 6) is 1.31. The van der Waals surface area contributed by atoms with Crippen molar-refractivity contribution in [3.8, 4) is 11.5 Å². The van der Waals surface area contributed by atoms with Crippen LogP contribution in [0.4, 0.5) is 5.69 Å². The number of hydrogen-bond donors (Lipinski definition) is 0. The number of ether oxygens (including phenoxy) is 2. The molecule has 2 aromatic rings. The van der Waals surface area contributed by atoms with Crippen molar-refractivity contribution in [1.29, 1.82) is 0 Å². The van der Waals surface area contributed by atoms with E-state index < -0.39 is 0 Å². The van der Waals surface area contributed by atoms with Crippen LogP contribution < -0.4 is 9.47 Å². The van der Waals surface area contributed by atoms with E-state index in [1.54, 1.807) is 31.3 Å². The van der Waals surface area contributed by atoms with Gasteiger partial charge in [0, 0.05) is 17.1 Å². The number of rotatable bonds is 6. The summed E-state index contributed by atoms with van der Waals surface area (Å²) in [5.41, 5.74) is 1.53. The van der Waals surface area contributed by atoms with Gasteiger partial charge in [-0.05, 0) is 66.7 Å². The molecular formula is C21H21ClN2O3S. The van der Waals surface area contributed by atoms with Crippen molar-refractivity contribution in [2.75, 3.05) is 20.8 Å². The molecule has 5 nitrogen and oxygen atoms in total. The van der Waals surface area contributed by atoms with Crippen LogP contribution in [0.5, 0.6) is 11.5 Å². The van der Waals surface area contributed by atoms with Crippen molar-refractivity contribution < 1.29 is 14.3 Å². The zero-order valence-corrected chi connectivity index (χ0v) is 17.5. The molecule has 2 aromatic carbocycles. The van der Waals surface area contributed by atoms with Crippen molar-refractivity contribution in [2.24, 2.45) is 4.99 Å². The molecule has 28 heavy (non-hydrogen) atoms. The Morgan fingerprint density at radius 3 is 2.54 bits per heavy atom. The highest BCUT2D eigenvalue weighted by atomic mass is 35.5. The summed E-state index contributed by atoms with van der Waals surface area (Å²) in [6, 6.07) is 12.7. The molecule has 0 bridgehead atoms. The second kappa shape index (κ2) is 9.17. The highest BCUT2D eigenvalue weighted by Crippen LogP contribution is 2.36. The monoisotopic (exact) mass is 416 g/mol. The van der Waals surface area contributed by atoms with Crippen LogP contribution in [-0.2, 0) is 4.79 Å². The summed E-state index contributed by atoms with van der Waals surface area (Å²) < 4.78 is 10.7. The number of carbonyl (C=O) groups excluding carboxylic acids is 1. The zero-order chi connectivity index (χ0) is 20.1. The lowest BCUT2D eigenvalue weighted by molar-refractivity contribution is -0.122. The zero-order valence-electron chi connectivity index (χ0n) is 15.9. The van der Waals surface area contributed by atoms with Gasteiger partial charge in [-0.15, -0.1) is 0 Å². The van der Waals surface area contributed by atoms with Crippen molar-refractivity contribution in [1.82, 2.24) is 4.90 Å². The fourth-order valence-corrected chi connectivity index (χ4v) is 3.87. The van der Waals surface area contributed by atoms with Gasteiger partial charge in [0.2, 0.25) is 0 Å². The highest BCUT2D eigenvalue weighted by molar-refractivity contribution is 8.18. The molecule has 0 aliphatic carbocycles. The van der Waals surface area contributed by atoms with Crippen molar-refractivity contribution >= 4 is 46.2 Å². The summed E-state index contributed by atoms with van der Waals surface area (Å²) in [7, 11) is 3.21. The smallest absolute Gasteiger partial charge is 0.266 e. The first-order chi connectivity index (χ1) is 13.5. The van der Waals surface area contributed by atoms with Gasteiger partial charge in [-0.3, -0.25) is 9.69 Å². The predicted octanol–water partition coefficient (Wildman–Crippen LogP) is 5.37. The maximum Gasteiger partial charge on any atom is 0.266 e. The van der Waals surface area contributed by atoms with E-state index in [0.717, 1.165) is 17.7 Å². The molecule has 7 heteroatoms. The van der Waals surface area contributed by atoms with Crippen LogP contribution >= 0.6 is 23.4 Å². The largest absolute Gasteiger partial charge is 0.497 e. The lowest BCUT2D eigenvalue weighted by atomic mass is 10.1. The Balaban J connectivity index is 1.98. The first-order valence-corrected chi connectivity index (χ1v) is 10.0. The molecule has 3 rings (SSSR count). The number of carbonyl (C=O) groups is 1. The minimum atomic E-state index is -0.0653. The van der Waals surface area contributed by atoms with Crippen molar-refractivity contribution in [3.63, 3.8) is 0 Å². The van der Waals surface area contributed by atoms with E-state index in [-0.39, 0.29) is 5.91 Å². The third kappa shape index (κ3) is 4.51. The minimum absolute atomic E-state index is 0.0653. The van der Waals surface area contributed by atoms with Gasteiger partial charge in [-0.1, -0.05) is 18.5 Å². The SMILES string of the molecule is CCCN1C(=O)/C(=C/c2cc(OC)ccc2OC)SC1=Nc1ccc(Cl)cc1. The van der Waals surface area contributed by atoms with Gasteiger partial charge in [-0.2, -0.15) is 0 Å². The maximum absolute atomic E-state index is 13.0. The van der Waals surface area contributed by atoms with Crippen LogP contribution in [0.2, 0.25) is 5.02 Å². The Bertz CT molecular complexity index is 926. The predicted molar refractivity (Wildman–Crippen MR) is 116 cm³/mol. The van der Waals surface area contributed by atoms with E-state index >= 15 is 0 Å². The molecule has 1 amide bonds. The van der Waals surface area contributed by atoms with E-state index in [9.17, 15) is 4.79 Å². The Morgan fingerprint density at radius 1 is 1.14 bits per heavy atom. The molecule has 0 radical (unpaired) electrons. The molecule has 0 unspecified atom stereocenters. The summed E-state index contributed by atoms with van der Waals surface area (Å²) in [5, 5.41) is 1.30. The lowest BCUT2D eigenvalue weighted by Crippen LogP contribution is -2.29. The third-order valence-electron chi connectivity index (χ3n) is 4.11. The Labute approximate surface area is 174 Å². The molecule has 1 aliphatic rings.